The normalized spacial score (nSPS) is 11.3. The third kappa shape index (κ3) is 15.9. The Morgan fingerprint density at radius 1 is 0.824 bits per heavy atom. The Bertz CT molecular complexity index is 137. The Morgan fingerprint density at radius 2 is 1.41 bits per heavy atom. The molecule has 0 amide bonds. The van der Waals surface area contributed by atoms with Crippen LogP contribution in [-0.4, -0.2) is 25.8 Å². The standard InChI is InChI=1S/C15H33NO/c1-4-5-6-7-8-9-10-11-13-17-14-12-16-15(2)3/h15-16H,4-14H2,1-3H3. The van der Waals surface area contributed by atoms with Crippen molar-refractivity contribution < 1.29 is 4.74 Å². The van der Waals surface area contributed by atoms with E-state index in [1.165, 1.54) is 51.4 Å². The lowest BCUT2D eigenvalue weighted by Gasteiger charge is -2.08. The summed E-state index contributed by atoms with van der Waals surface area (Å²) in [6.45, 7) is 9.38. The van der Waals surface area contributed by atoms with Crippen molar-refractivity contribution in [1.82, 2.24) is 5.32 Å². The van der Waals surface area contributed by atoms with Crippen LogP contribution in [0.2, 0.25) is 0 Å². The summed E-state index contributed by atoms with van der Waals surface area (Å²) in [5, 5.41) is 3.35. The van der Waals surface area contributed by atoms with Gasteiger partial charge in [0, 0.05) is 19.2 Å². The number of hydrogen-bond donors (Lipinski definition) is 1. The average Bonchev–Trinajstić information content (AvgIpc) is 2.30. The molecule has 1 N–H and O–H groups in total. The summed E-state index contributed by atoms with van der Waals surface area (Å²) in [4.78, 5) is 0. The minimum atomic E-state index is 0.571. The number of hydrogen-bond acceptors (Lipinski definition) is 2. The van der Waals surface area contributed by atoms with Gasteiger partial charge in [-0.2, -0.15) is 0 Å². The molecule has 0 aromatic carbocycles. The molecule has 0 saturated carbocycles. The lowest BCUT2D eigenvalue weighted by Crippen LogP contribution is -2.26. The number of rotatable bonds is 13. The first-order valence-electron chi connectivity index (χ1n) is 7.58. The van der Waals surface area contributed by atoms with Gasteiger partial charge in [-0.3, -0.25) is 0 Å². The molecule has 0 radical (unpaired) electrons. The average molecular weight is 243 g/mol. The third-order valence-corrected chi connectivity index (χ3v) is 2.94. The van der Waals surface area contributed by atoms with Crippen molar-refractivity contribution in [2.24, 2.45) is 0 Å². The molecule has 0 aliphatic carbocycles. The maximum atomic E-state index is 5.57. The molecule has 0 spiro atoms. The van der Waals surface area contributed by atoms with E-state index in [1.54, 1.807) is 0 Å². The highest BCUT2D eigenvalue weighted by Gasteiger charge is 1.93. The SMILES string of the molecule is CCCCCCCCCCOCCNC(C)C. The molecule has 2 heteroatoms. The van der Waals surface area contributed by atoms with E-state index in [9.17, 15) is 0 Å². The summed E-state index contributed by atoms with van der Waals surface area (Å²) >= 11 is 0. The molecule has 0 unspecified atom stereocenters. The summed E-state index contributed by atoms with van der Waals surface area (Å²) in [7, 11) is 0. The maximum absolute atomic E-state index is 5.57. The number of ether oxygens (including phenoxy) is 1. The van der Waals surface area contributed by atoms with Crippen LogP contribution in [0.15, 0.2) is 0 Å². The monoisotopic (exact) mass is 243 g/mol. The Kier molecular flexibility index (Phi) is 13.9. The van der Waals surface area contributed by atoms with Gasteiger partial charge >= 0.3 is 0 Å². The summed E-state index contributed by atoms with van der Waals surface area (Å²) < 4.78 is 5.57. The molecule has 0 aromatic heterocycles. The molecule has 0 aliphatic rings. The molecule has 0 aromatic rings. The van der Waals surface area contributed by atoms with E-state index in [1.807, 2.05) is 0 Å². The quantitative estimate of drug-likeness (QED) is 0.491. The molecule has 0 saturated heterocycles. The predicted octanol–water partition coefficient (Wildman–Crippen LogP) is 4.14. The van der Waals surface area contributed by atoms with Crippen LogP contribution in [0.4, 0.5) is 0 Å². The van der Waals surface area contributed by atoms with E-state index < -0.39 is 0 Å². The molecule has 0 bridgehead atoms. The second-order valence-electron chi connectivity index (χ2n) is 5.20. The van der Waals surface area contributed by atoms with E-state index in [0.717, 1.165) is 19.8 Å². The second kappa shape index (κ2) is 14.0. The lowest BCUT2D eigenvalue weighted by molar-refractivity contribution is 0.130. The molecular formula is C15H33NO. The van der Waals surface area contributed by atoms with Gasteiger partial charge in [0.15, 0.2) is 0 Å². The van der Waals surface area contributed by atoms with Crippen molar-refractivity contribution in [3.05, 3.63) is 0 Å². The minimum Gasteiger partial charge on any atom is -0.380 e. The predicted molar refractivity (Wildman–Crippen MR) is 76.6 cm³/mol. The topological polar surface area (TPSA) is 21.3 Å². The van der Waals surface area contributed by atoms with E-state index in [-0.39, 0.29) is 0 Å². The minimum absolute atomic E-state index is 0.571. The fraction of sp³-hybridized carbons (Fsp3) is 1.00. The van der Waals surface area contributed by atoms with Crippen LogP contribution in [0.1, 0.15) is 72.1 Å². The van der Waals surface area contributed by atoms with E-state index >= 15 is 0 Å². The van der Waals surface area contributed by atoms with Crippen LogP contribution in [0.25, 0.3) is 0 Å². The zero-order valence-corrected chi connectivity index (χ0v) is 12.3. The van der Waals surface area contributed by atoms with Gasteiger partial charge in [0.25, 0.3) is 0 Å². The van der Waals surface area contributed by atoms with Crippen LogP contribution in [0.3, 0.4) is 0 Å². The molecule has 2 nitrogen and oxygen atoms in total. The molecule has 0 heterocycles. The number of nitrogens with one attached hydrogen (secondary N) is 1. The molecule has 0 rings (SSSR count). The summed E-state index contributed by atoms with van der Waals surface area (Å²) in [5.41, 5.74) is 0. The Morgan fingerprint density at radius 3 is 2.00 bits per heavy atom. The molecule has 104 valence electrons. The van der Waals surface area contributed by atoms with Crippen LogP contribution in [0, 0.1) is 0 Å². The van der Waals surface area contributed by atoms with Crippen molar-refractivity contribution in [2.75, 3.05) is 19.8 Å². The van der Waals surface area contributed by atoms with Gasteiger partial charge in [-0.05, 0) is 6.42 Å². The van der Waals surface area contributed by atoms with Crippen molar-refractivity contribution in [1.29, 1.82) is 0 Å². The summed E-state index contributed by atoms with van der Waals surface area (Å²) in [5.74, 6) is 0. The van der Waals surface area contributed by atoms with Crippen LogP contribution >= 0.6 is 0 Å². The van der Waals surface area contributed by atoms with Gasteiger partial charge in [-0.25, -0.2) is 0 Å². The summed E-state index contributed by atoms with van der Waals surface area (Å²) in [6.07, 6.45) is 11.0. The van der Waals surface area contributed by atoms with E-state index in [2.05, 4.69) is 26.1 Å². The van der Waals surface area contributed by atoms with Gasteiger partial charge in [0.05, 0.1) is 6.61 Å². The van der Waals surface area contributed by atoms with Crippen LogP contribution < -0.4 is 5.32 Å². The fourth-order valence-electron chi connectivity index (χ4n) is 1.86. The first kappa shape index (κ1) is 16.9. The van der Waals surface area contributed by atoms with Crippen LogP contribution in [0.5, 0.6) is 0 Å². The fourth-order valence-corrected chi connectivity index (χ4v) is 1.86. The smallest absolute Gasteiger partial charge is 0.0590 e. The highest BCUT2D eigenvalue weighted by Crippen LogP contribution is 2.08. The van der Waals surface area contributed by atoms with Crippen molar-refractivity contribution in [2.45, 2.75) is 78.2 Å². The lowest BCUT2D eigenvalue weighted by atomic mass is 10.1. The maximum Gasteiger partial charge on any atom is 0.0590 e. The highest BCUT2D eigenvalue weighted by molar-refractivity contribution is 4.51. The zero-order valence-electron chi connectivity index (χ0n) is 12.3. The Labute approximate surface area is 109 Å². The van der Waals surface area contributed by atoms with Gasteiger partial charge in [0.2, 0.25) is 0 Å². The third-order valence-electron chi connectivity index (χ3n) is 2.94. The Balaban J connectivity index is 2.89. The summed E-state index contributed by atoms with van der Waals surface area (Å²) in [6, 6.07) is 0.571. The molecular weight excluding hydrogens is 210 g/mol. The highest BCUT2D eigenvalue weighted by atomic mass is 16.5. The van der Waals surface area contributed by atoms with Crippen molar-refractivity contribution in [3.63, 3.8) is 0 Å². The van der Waals surface area contributed by atoms with Gasteiger partial charge in [0.1, 0.15) is 0 Å². The Hall–Kier alpha value is -0.0800. The van der Waals surface area contributed by atoms with Crippen molar-refractivity contribution in [3.8, 4) is 0 Å². The van der Waals surface area contributed by atoms with Gasteiger partial charge in [-0.1, -0.05) is 65.7 Å². The first-order valence-corrected chi connectivity index (χ1v) is 7.58. The molecule has 0 fully saturated rings. The molecule has 0 atom stereocenters. The van der Waals surface area contributed by atoms with Crippen LogP contribution in [-0.2, 0) is 4.74 Å². The van der Waals surface area contributed by atoms with Gasteiger partial charge in [-0.15, -0.1) is 0 Å². The molecule has 0 aliphatic heterocycles. The largest absolute Gasteiger partial charge is 0.380 e. The van der Waals surface area contributed by atoms with Gasteiger partial charge < -0.3 is 10.1 Å². The molecule has 17 heavy (non-hydrogen) atoms. The van der Waals surface area contributed by atoms with Crippen molar-refractivity contribution >= 4 is 0 Å². The first-order chi connectivity index (χ1) is 8.27. The zero-order chi connectivity index (χ0) is 12.8. The van der Waals surface area contributed by atoms with E-state index in [0.29, 0.717) is 6.04 Å². The number of unbranched alkanes of at least 4 members (excludes halogenated alkanes) is 7. The van der Waals surface area contributed by atoms with E-state index in [4.69, 9.17) is 4.74 Å². The second-order valence-corrected chi connectivity index (χ2v) is 5.20.